The Morgan fingerprint density at radius 3 is 2.35 bits per heavy atom. The van der Waals surface area contributed by atoms with Crippen LogP contribution >= 0.6 is 11.3 Å². The molecule has 1 aromatic carbocycles. The van der Waals surface area contributed by atoms with Gasteiger partial charge in [-0.1, -0.05) is 24.3 Å². The van der Waals surface area contributed by atoms with Crippen LogP contribution in [0.15, 0.2) is 35.7 Å². The number of hydrogen-bond donors (Lipinski definition) is 2. The van der Waals surface area contributed by atoms with Gasteiger partial charge in [0.1, 0.15) is 0 Å². The quantitative estimate of drug-likeness (QED) is 0.802. The molecular weight excluding hydrogens is 350 g/mol. The fourth-order valence-electron chi connectivity index (χ4n) is 3.78. The predicted octanol–water partition coefficient (Wildman–Crippen LogP) is 3.73. The number of hydrogen-bond acceptors (Lipinski definition) is 4. The molecule has 0 amide bonds. The molecular formula is C20H23NO4S. The third-order valence-electron chi connectivity index (χ3n) is 5.06. The van der Waals surface area contributed by atoms with Crippen LogP contribution in [0, 0.1) is 0 Å². The fourth-order valence-corrected chi connectivity index (χ4v) is 4.79. The van der Waals surface area contributed by atoms with E-state index in [0.717, 1.165) is 19.0 Å². The molecule has 0 fully saturated rings. The lowest BCUT2D eigenvalue weighted by molar-refractivity contribution is -0.159. The molecule has 0 spiro atoms. The standard InChI is InChI=1S/C18H21NS.C2H2O4/c1-2-5-16-13-19(12-15(16)4-1)10-8-14-6-3-7-18-17(14)9-11-20-18;3-1(4)2(5)6/h1-2,4-5,9,11,14H,3,6-8,10,12-13H2;(H,3,4)(H,5,6). The monoisotopic (exact) mass is 373 g/mol. The van der Waals surface area contributed by atoms with Gasteiger partial charge in [-0.3, -0.25) is 4.90 Å². The molecule has 2 N–H and O–H groups in total. The molecule has 5 nitrogen and oxygen atoms in total. The van der Waals surface area contributed by atoms with E-state index in [0.29, 0.717) is 0 Å². The van der Waals surface area contributed by atoms with Crippen LogP contribution in [-0.2, 0) is 29.1 Å². The number of aliphatic carboxylic acids is 2. The molecule has 0 bridgehead atoms. The number of carboxylic acids is 2. The van der Waals surface area contributed by atoms with Gasteiger partial charge >= 0.3 is 11.9 Å². The van der Waals surface area contributed by atoms with Gasteiger partial charge in [0, 0.05) is 18.0 Å². The molecule has 1 atom stereocenters. The zero-order valence-corrected chi connectivity index (χ0v) is 15.4. The minimum atomic E-state index is -1.82. The lowest BCUT2D eigenvalue weighted by atomic mass is 9.85. The molecule has 6 heteroatoms. The SMILES string of the molecule is O=C(O)C(=O)O.c1ccc2c(c1)CN(CCC1CCCc3sccc31)C2. The molecule has 138 valence electrons. The van der Waals surface area contributed by atoms with E-state index in [-0.39, 0.29) is 0 Å². The van der Waals surface area contributed by atoms with Crippen molar-refractivity contribution in [3.8, 4) is 0 Å². The van der Waals surface area contributed by atoms with E-state index in [1.807, 2.05) is 11.3 Å². The number of thiophene rings is 1. The van der Waals surface area contributed by atoms with E-state index in [1.54, 1.807) is 10.4 Å². The second-order valence-electron chi connectivity index (χ2n) is 6.77. The predicted molar refractivity (Wildman–Crippen MR) is 100 cm³/mol. The van der Waals surface area contributed by atoms with Gasteiger partial charge in [-0.15, -0.1) is 11.3 Å². The van der Waals surface area contributed by atoms with Crippen molar-refractivity contribution in [3.05, 3.63) is 57.3 Å². The summed E-state index contributed by atoms with van der Waals surface area (Å²) < 4.78 is 0. The number of carboxylic acid groups (broad SMARTS) is 2. The van der Waals surface area contributed by atoms with Crippen molar-refractivity contribution in [3.63, 3.8) is 0 Å². The minimum Gasteiger partial charge on any atom is -0.473 e. The molecule has 1 aromatic heterocycles. The van der Waals surface area contributed by atoms with Crippen molar-refractivity contribution < 1.29 is 19.8 Å². The van der Waals surface area contributed by atoms with Gasteiger partial charge in [0.25, 0.3) is 0 Å². The van der Waals surface area contributed by atoms with E-state index in [4.69, 9.17) is 19.8 Å². The number of aryl methyl sites for hydroxylation is 1. The van der Waals surface area contributed by atoms with Crippen molar-refractivity contribution >= 4 is 23.3 Å². The summed E-state index contributed by atoms with van der Waals surface area (Å²) in [6, 6.07) is 11.3. The van der Waals surface area contributed by atoms with E-state index >= 15 is 0 Å². The smallest absolute Gasteiger partial charge is 0.414 e. The maximum atomic E-state index is 9.10. The van der Waals surface area contributed by atoms with Gasteiger partial charge in [0.15, 0.2) is 0 Å². The van der Waals surface area contributed by atoms with Crippen LogP contribution in [-0.4, -0.2) is 33.6 Å². The van der Waals surface area contributed by atoms with Gasteiger partial charge in [-0.05, 0) is 66.3 Å². The Labute approximate surface area is 156 Å². The maximum absolute atomic E-state index is 9.10. The zero-order chi connectivity index (χ0) is 18.5. The van der Waals surface area contributed by atoms with E-state index in [1.165, 1.54) is 43.4 Å². The van der Waals surface area contributed by atoms with Gasteiger partial charge in [0.2, 0.25) is 0 Å². The highest BCUT2D eigenvalue weighted by atomic mass is 32.1. The van der Waals surface area contributed by atoms with Crippen molar-refractivity contribution in [1.82, 2.24) is 4.90 Å². The molecule has 2 aliphatic rings. The third-order valence-corrected chi connectivity index (χ3v) is 6.06. The average molecular weight is 373 g/mol. The highest BCUT2D eigenvalue weighted by Gasteiger charge is 2.23. The first-order valence-electron chi connectivity index (χ1n) is 8.86. The second kappa shape index (κ2) is 8.47. The summed E-state index contributed by atoms with van der Waals surface area (Å²) in [5.41, 5.74) is 4.73. The van der Waals surface area contributed by atoms with Crippen LogP contribution < -0.4 is 0 Å². The van der Waals surface area contributed by atoms with Crippen LogP contribution in [0.2, 0.25) is 0 Å². The first-order valence-corrected chi connectivity index (χ1v) is 9.74. The molecule has 2 aromatic rings. The number of benzene rings is 1. The first kappa shape index (κ1) is 18.6. The number of fused-ring (bicyclic) bond motifs is 2. The summed E-state index contributed by atoms with van der Waals surface area (Å²) >= 11 is 1.96. The first-order chi connectivity index (χ1) is 12.5. The number of rotatable bonds is 3. The van der Waals surface area contributed by atoms with E-state index < -0.39 is 11.9 Å². The lowest BCUT2D eigenvalue weighted by Crippen LogP contribution is -2.20. The Morgan fingerprint density at radius 1 is 1.08 bits per heavy atom. The molecule has 1 aliphatic heterocycles. The summed E-state index contributed by atoms with van der Waals surface area (Å²) in [6.07, 6.45) is 5.43. The van der Waals surface area contributed by atoms with Crippen LogP contribution in [0.1, 0.15) is 46.7 Å². The molecule has 26 heavy (non-hydrogen) atoms. The largest absolute Gasteiger partial charge is 0.473 e. The summed E-state index contributed by atoms with van der Waals surface area (Å²) in [4.78, 5) is 22.5. The van der Waals surface area contributed by atoms with Gasteiger partial charge in [-0.25, -0.2) is 9.59 Å². The Kier molecular flexibility index (Phi) is 6.06. The third kappa shape index (κ3) is 4.51. The van der Waals surface area contributed by atoms with Crippen molar-refractivity contribution in [1.29, 1.82) is 0 Å². The lowest BCUT2D eigenvalue weighted by Gasteiger charge is -2.25. The molecule has 2 heterocycles. The molecule has 4 rings (SSSR count). The molecule has 1 aliphatic carbocycles. The Morgan fingerprint density at radius 2 is 1.73 bits per heavy atom. The number of nitrogens with zero attached hydrogens (tertiary/aromatic N) is 1. The molecule has 0 saturated heterocycles. The molecule has 0 saturated carbocycles. The fraction of sp³-hybridized carbons (Fsp3) is 0.400. The van der Waals surface area contributed by atoms with Crippen molar-refractivity contribution in [2.75, 3.05) is 6.54 Å². The maximum Gasteiger partial charge on any atom is 0.414 e. The number of carbonyl (C=O) groups is 2. The Bertz CT molecular complexity index is 749. The van der Waals surface area contributed by atoms with Crippen LogP contribution in [0.5, 0.6) is 0 Å². The second-order valence-corrected chi connectivity index (χ2v) is 7.77. The van der Waals surface area contributed by atoms with Gasteiger partial charge in [-0.2, -0.15) is 0 Å². The summed E-state index contributed by atoms with van der Waals surface area (Å²) in [7, 11) is 0. The topological polar surface area (TPSA) is 77.8 Å². The highest BCUT2D eigenvalue weighted by Crippen LogP contribution is 2.37. The Balaban J connectivity index is 0.000000286. The summed E-state index contributed by atoms with van der Waals surface area (Å²) in [5.74, 6) is -2.83. The highest BCUT2D eigenvalue weighted by molar-refractivity contribution is 7.10. The summed E-state index contributed by atoms with van der Waals surface area (Å²) in [6.45, 7) is 3.55. The van der Waals surface area contributed by atoms with Gasteiger partial charge in [0.05, 0.1) is 0 Å². The van der Waals surface area contributed by atoms with Crippen molar-refractivity contribution in [2.24, 2.45) is 0 Å². The van der Waals surface area contributed by atoms with Gasteiger partial charge < -0.3 is 10.2 Å². The minimum absolute atomic E-state index is 0.814. The van der Waals surface area contributed by atoms with E-state index in [9.17, 15) is 0 Å². The van der Waals surface area contributed by atoms with Crippen LogP contribution in [0.25, 0.3) is 0 Å². The molecule has 1 unspecified atom stereocenters. The van der Waals surface area contributed by atoms with Crippen molar-refractivity contribution in [2.45, 2.75) is 44.7 Å². The van der Waals surface area contributed by atoms with Crippen LogP contribution in [0.4, 0.5) is 0 Å². The summed E-state index contributed by atoms with van der Waals surface area (Å²) in [5, 5.41) is 17.1. The average Bonchev–Trinajstić information content (AvgIpc) is 3.26. The van der Waals surface area contributed by atoms with E-state index in [2.05, 4.69) is 40.6 Å². The molecule has 0 radical (unpaired) electrons. The Hall–Kier alpha value is -2.18. The zero-order valence-electron chi connectivity index (χ0n) is 14.6. The normalized spacial score (nSPS) is 18.4. The van der Waals surface area contributed by atoms with Crippen LogP contribution in [0.3, 0.4) is 0 Å².